The molecule has 3 rings (SSSR count). The van der Waals surface area contributed by atoms with Crippen LogP contribution in [-0.2, 0) is 11.2 Å². The minimum absolute atomic E-state index is 0.0132. The maximum atomic E-state index is 13.0. The Balaban J connectivity index is 1.79. The van der Waals surface area contributed by atoms with Crippen molar-refractivity contribution in [1.82, 2.24) is 25.1 Å². The van der Waals surface area contributed by atoms with Crippen LogP contribution < -0.4 is 0 Å². The molecule has 23 heavy (non-hydrogen) atoms. The predicted octanol–water partition coefficient (Wildman–Crippen LogP) is 0.688. The number of hydrogen-bond donors (Lipinski definition) is 1. The molecule has 1 N–H and O–H groups in total. The largest absolute Gasteiger partial charge is 0.396 e. The number of likely N-dealkylation sites (tertiary alicyclic amines) is 1. The average Bonchev–Trinajstić information content (AvgIpc) is 3.14. The molecule has 2 atom stereocenters. The highest BCUT2D eigenvalue weighted by atomic mass is 16.3. The Hall–Kier alpha value is -2.28. The van der Waals surface area contributed by atoms with Crippen LogP contribution in [0.2, 0.25) is 0 Å². The number of amides is 1. The molecule has 1 fully saturated rings. The van der Waals surface area contributed by atoms with Crippen LogP contribution >= 0.6 is 0 Å². The van der Waals surface area contributed by atoms with Crippen molar-refractivity contribution in [3.8, 4) is 0 Å². The van der Waals surface area contributed by atoms with Crippen molar-refractivity contribution in [3.63, 3.8) is 0 Å². The van der Waals surface area contributed by atoms with E-state index < -0.39 is 6.04 Å². The SMILES string of the molecule is O=C(C(Cc1ccccc1)n1cnnn1)N1CCCC(CO)C1. The van der Waals surface area contributed by atoms with Gasteiger partial charge in [-0.3, -0.25) is 4.79 Å². The lowest BCUT2D eigenvalue weighted by Crippen LogP contribution is -2.45. The fraction of sp³-hybridized carbons (Fsp3) is 0.500. The zero-order valence-electron chi connectivity index (χ0n) is 13.0. The van der Waals surface area contributed by atoms with Crippen molar-refractivity contribution < 1.29 is 9.90 Å². The standard InChI is InChI=1S/C16H21N5O2/c22-11-14-7-4-8-20(10-14)16(23)15(21-12-17-18-19-21)9-13-5-2-1-3-6-13/h1-3,5-6,12,14-15,22H,4,7-11H2. The number of benzene rings is 1. The molecule has 1 amide bonds. The first-order valence-electron chi connectivity index (χ1n) is 7.94. The molecule has 0 radical (unpaired) electrons. The number of rotatable bonds is 5. The molecule has 2 unspecified atom stereocenters. The summed E-state index contributed by atoms with van der Waals surface area (Å²) >= 11 is 0. The third-order valence-corrected chi connectivity index (χ3v) is 4.33. The molecule has 0 spiro atoms. The first kappa shape index (κ1) is 15.6. The second-order valence-corrected chi connectivity index (χ2v) is 5.97. The molecule has 0 bridgehead atoms. The second-order valence-electron chi connectivity index (χ2n) is 5.97. The summed E-state index contributed by atoms with van der Waals surface area (Å²) in [6, 6.07) is 9.41. The zero-order valence-corrected chi connectivity index (χ0v) is 13.0. The van der Waals surface area contributed by atoms with Gasteiger partial charge in [0.25, 0.3) is 0 Å². The molecular formula is C16H21N5O2. The Kier molecular flexibility index (Phi) is 4.97. The monoisotopic (exact) mass is 315 g/mol. The van der Waals surface area contributed by atoms with Gasteiger partial charge in [0.1, 0.15) is 12.4 Å². The van der Waals surface area contributed by atoms with Crippen LogP contribution in [0.4, 0.5) is 0 Å². The third kappa shape index (κ3) is 3.73. The summed E-state index contributed by atoms with van der Waals surface area (Å²) in [5.74, 6) is 0.179. The number of piperidine rings is 1. The Morgan fingerprint density at radius 2 is 2.17 bits per heavy atom. The number of aliphatic hydroxyl groups is 1. The Morgan fingerprint density at radius 3 is 2.87 bits per heavy atom. The van der Waals surface area contributed by atoms with Crippen LogP contribution in [0.1, 0.15) is 24.4 Å². The van der Waals surface area contributed by atoms with E-state index in [0.29, 0.717) is 13.0 Å². The van der Waals surface area contributed by atoms with Gasteiger partial charge in [-0.25, -0.2) is 4.68 Å². The number of aliphatic hydroxyl groups excluding tert-OH is 1. The number of carbonyl (C=O) groups is 1. The molecular weight excluding hydrogens is 294 g/mol. The first-order chi connectivity index (χ1) is 11.3. The molecule has 2 heterocycles. The minimum Gasteiger partial charge on any atom is -0.396 e. The van der Waals surface area contributed by atoms with E-state index in [2.05, 4.69) is 15.5 Å². The Labute approximate surface area is 134 Å². The van der Waals surface area contributed by atoms with E-state index in [1.807, 2.05) is 35.2 Å². The Morgan fingerprint density at radius 1 is 1.35 bits per heavy atom. The highest BCUT2D eigenvalue weighted by Crippen LogP contribution is 2.21. The van der Waals surface area contributed by atoms with Crippen molar-refractivity contribution in [1.29, 1.82) is 0 Å². The molecule has 7 nitrogen and oxygen atoms in total. The van der Waals surface area contributed by atoms with Crippen molar-refractivity contribution in [3.05, 3.63) is 42.2 Å². The summed E-state index contributed by atoms with van der Waals surface area (Å²) in [7, 11) is 0. The molecule has 1 aromatic carbocycles. The highest BCUT2D eigenvalue weighted by Gasteiger charge is 2.30. The van der Waals surface area contributed by atoms with Crippen molar-refractivity contribution in [2.45, 2.75) is 25.3 Å². The molecule has 7 heteroatoms. The van der Waals surface area contributed by atoms with Gasteiger partial charge < -0.3 is 10.0 Å². The lowest BCUT2D eigenvalue weighted by Gasteiger charge is -2.34. The molecule has 1 aliphatic rings. The first-order valence-corrected chi connectivity index (χ1v) is 7.94. The van der Waals surface area contributed by atoms with E-state index in [1.165, 1.54) is 11.0 Å². The summed E-state index contributed by atoms with van der Waals surface area (Å²) in [6.07, 6.45) is 3.92. The van der Waals surface area contributed by atoms with E-state index in [1.54, 1.807) is 0 Å². The summed E-state index contributed by atoms with van der Waals surface area (Å²) in [5.41, 5.74) is 1.07. The number of nitrogens with zero attached hydrogens (tertiary/aromatic N) is 5. The molecule has 1 aliphatic heterocycles. The summed E-state index contributed by atoms with van der Waals surface area (Å²) in [4.78, 5) is 14.8. The summed E-state index contributed by atoms with van der Waals surface area (Å²) in [5, 5.41) is 20.6. The second kappa shape index (κ2) is 7.32. The van der Waals surface area contributed by atoms with Gasteiger partial charge in [0.15, 0.2) is 0 Å². The lowest BCUT2D eigenvalue weighted by molar-refractivity contribution is -0.137. The number of aromatic nitrogens is 4. The van der Waals surface area contributed by atoms with Gasteiger partial charge in [0.2, 0.25) is 5.91 Å². The Bertz CT molecular complexity index is 617. The minimum atomic E-state index is -0.454. The molecule has 0 aliphatic carbocycles. The normalized spacial score (nSPS) is 19.5. The van der Waals surface area contributed by atoms with Crippen molar-refractivity contribution >= 4 is 5.91 Å². The van der Waals surface area contributed by atoms with E-state index in [4.69, 9.17) is 0 Å². The number of tetrazole rings is 1. The number of hydrogen-bond acceptors (Lipinski definition) is 5. The fourth-order valence-electron chi connectivity index (χ4n) is 3.07. The van der Waals surface area contributed by atoms with Crippen molar-refractivity contribution in [2.24, 2.45) is 5.92 Å². The third-order valence-electron chi connectivity index (χ3n) is 4.33. The van der Waals surface area contributed by atoms with E-state index in [9.17, 15) is 9.90 Å². The van der Waals surface area contributed by atoms with Crippen LogP contribution in [0.15, 0.2) is 36.7 Å². The van der Waals surface area contributed by atoms with Gasteiger partial charge in [0, 0.05) is 26.1 Å². The van der Waals surface area contributed by atoms with Crippen LogP contribution in [0.3, 0.4) is 0 Å². The van der Waals surface area contributed by atoms with Crippen LogP contribution in [0, 0.1) is 5.92 Å². The van der Waals surface area contributed by atoms with E-state index in [-0.39, 0.29) is 18.4 Å². The van der Waals surface area contributed by atoms with Crippen molar-refractivity contribution in [2.75, 3.05) is 19.7 Å². The van der Waals surface area contributed by atoms with E-state index >= 15 is 0 Å². The fourth-order valence-corrected chi connectivity index (χ4v) is 3.07. The van der Waals surface area contributed by atoms with E-state index in [0.717, 1.165) is 24.9 Å². The molecule has 0 saturated carbocycles. The van der Waals surface area contributed by atoms with Gasteiger partial charge in [-0.2, -0.15) is 0 Å². The predicted molar refractivity (Wildman–Crippen MR) is 83.4 cm³/mol. The lowest BCUT2D eigenvalue weighted by atomic mass is 9.97. The van der Waals surface area contributed by atoms with Crippen LogP contribution in [-0.4, -0.2) is 55.8 Å². The maximum absolute atomic E-state index is 13.0. The topological polar surface area (TPSA) is 84.1 Å². The molecule has 1 saturated heterocycles. The maximum Gasteiger partial charge on any atom is 0.247 e. The summed E-state index contributed by atoms with van der Waals surface area (Å²) < 4.78 is 1.53. The molecule has 122 valence electrons. The molecule has 1 aromatic heterocycles. The van der Waals surface area contributed by atoms with Gasteiger partial charge in [-0.15, -0.1) is 5.10 Å². The van der Waals surface area contributed by atoms with Gasteiger partial charge in [-0.1, -0.05) is 30.3 Å². The number of carbonyl (C=O) groups excluding carboxylic acids is 1. The van der Waals surface area contributed by atoms with Gasteiger partial charge in [-0.05, 0) is 34.7 Å². The molecule has 2 aromatic rings. The average molecular weight is 315 g/mol. The smallest absolute Gasteiger partial charge is 0.247 e. The zero-order chi connectivity index (χ0) is 16.1. The van der Waals surface area contributed by atoms with Gasteiger partial charge >= 0.3 is 0 Å². The summed E-state index contributed by atoms with van der Waals surface area (Å²) in [6.45, 7) is 1.45. The van der Waals surface area contributed by atoms with Crippen LogP contribution in [0.25, 0.3) is 0 Å². The van der Waals surface area contributed by atoms with Gasteiger partial charge in [0.05, 0.1) is 0 Å². The quantitative estimate of drug-likeness (QED) is 0.877. The highest BCUT2D eigenvalue weighted by molar-refractivity contribution is 5.80. The van der Waals surface area contributed by atoms with Crippen LogP contribution in [0.5, 0.6) is 0 Å².